The molecule has 0 amide bonds. The molecule has 12 N–H and O–H groups in total. The summed E-state index contributed by atoms with van der Waals surface area (Å²) in [6.45, 7) is -13.1. The summed E-state index contributed by atoms with van der Waals surface area (Å²) in [6.07, 6.45) is -3.38. The molecule has 36 heteroatoms. The molecule has 0 unspecified atom stereocenters. The fraction of sp³-hybridized carbons (Fsp3) is 0.273. The largest absolute Gasteiger partial charge is 0.482 e. The summed E-state index contributed by atoms with van der Waals surface area (Å²) in [5.74, 6) is -22.7. The van der Waals surface area contributed by atoms with Gasteiger partial charge in [0.2, 0.25) is 0 Å². The quantitative estimate of drug-likeness (QED) is 0.0268. The van der Waals surface area contributed by atoms with Crippen molar-refractivity contribution in [3.8, 4) is 69.0 Å². The molecule has 0 spiro atoms. The monoisotopic (exact) mass is 1430 g/mol. The van der Waals surface area contributed by atoms with E-state index in [1.165, 1.54) is 0 Å². The van der Waals surface area contributed by atoms with Gasteiger partial charge in [-0.05, 0) is 72.8 Å². The zero-order chi connectivity index (χ0) is 74.5. The molecule has 12 bridgehead atoms. The van der Waals surface area contributed by atoms with Crippen LogP contribution in [0.2, 0.25) is 0 Å². The number of aliphatic carboxylic acids is 12. The van der Waals surface area contributed by atoms with Gasteiger partial charge in [0.15, 0.2) is 79.3 Å². The van der Waals surface area contributed by atoms with Gasteiger partial charge in [-0.3, -0.25) is 0 Å². The molecule has 6 aromatic carbocycles. The van der Waals surface area contributed by atoms with E-state index < -0.39 is 189 Å². The number of benzene rings is 6. The number of rotatable bonds is 36. The lowest BCUT2D eigenvalue weighted by Crippen LogP contribution is -2.16. The highest BCUT2D eigenvalue weighted by Gasteiger charge is 2.28. The first-order valence-electron chi connectivity index (χ1n) is 29.5. The van der Waals surface area contributed by atoms with Gasteiger partial charge in [-0.25, -0.2) is 57.5 Å². The van der Waals surface area contributed by atoms with Gasteiger partial charge in [0.1, 0.15) is 69.0 Å². The standard InChI is InChI=1S/C66H60O36/c67-55(68)19-91-43-9-33-2-35-11-49(97-25-61(79)80)37(13-47(35)95-23-59(75)76)4-39-15-53(101-29-65(87)88)41(17-51(39)99-27-63(83)84)6-42-18-52(100-28-64(85)86)40(16-54(42)102-30-66(89)90)5-38-14-48(96-24-60(77)78)36(12-50(38)98-26-62(81)82)3-34-10-44(92-20-56(69)70)32(8-46(34)94-22-58(73)74)1-31(43)7-45(33)93-21-57(71)72/h7-18H,1-6,19-30H2,(H,67,68)(H,69,70)(H,71,72)(H,73,74)(H,75,76)(H,77,78)(H,79,80)(H,81,82)(H,83,84)(H,85,86)(H,87,88)(H,89,90). The van der Waals surface area contributed by atoms with Crippen molar-refractivity contribution in [2.75, 3.05) is 79.3 Å². The number of carboxylic acid groups (broad SMARTS) is 12. The molecule has 102 heavy (non-hydrogen) atoms. The number of ether oxygens (including phenoxy) is 12. The maximum absolute atomic E-state index is 12.2. The highest BCUT2D eigenvalue weighted by atomic mass is 16.6. The third-order valence-corrected chi connectivity index (χ3v) is 14.0. The average molecular weight is 1430 g/mol. The molecule has 0 saturated heterocycles. The van der Waals surface area contributed by atoms with E-state index in [-0.39, 0.29) is 136 Å². The maximum atomic E-state index is 12.2. The van der Waals surface area contributed by atoms with Crippen LogP contribution in [0.3, 0.4) is 0 Å². The van der Waals surface area contributed by atoms with Crippen LogP contribution in [0, 0.1) is 0 Å². The van der Waals surface area contributed by atoms with Crippen molar-refractivity contribution in [2.45, 2.75) is 38.5 Å². The van der Waals surface area contributed by atoms with Crippen LogP contribution in [0.5, 0.6) is 69.0 Å². The highest BCUT2D eigenvalue weighted by Crippen LogP contribution is 2.44. The predicted molar refractivity (Wildman–Crippen MR) is 333 cm³/mol. The molecule has 540 valence electrons. The fourth-order valence-electron chi connectivity index (χ4n) is 10.0. The van der Waals surface area contributed by atoms with E-state index in [4.69, 9.17) is 56.8 Å². The molecule has 0 aliphatic heterocycles. The Morgan fingerprint density at radius 3 is 0.294 bits per heavy atom. The van der Waals surface area contributed by atoms with E-state index >= 15 is 0 Å². The van der Waals surface area contributed by atoms with E-state index in [9.17, 15) is 119 Å². The van der Waals surface area contributed by atoms with Crippen molar-refractivity contribution in [3.63, 3.8) is 0 Å². The van der Waals surface area contributed by atoms with E-state index in [0.717, 1.165) is 72.8 Å². The van der Waals surface area contributed by atoms with Crippen molar-refractivity contribution < 1.29 is 176 Å². The van der Waals surface area contributed by atoms with Crippen LogP contribution in [0.1, 0.15) is 66.8 Å². The van der Waals surface area contributed by atoms with Crippen LogP contribution in [0.25, 0.3) is 0 Å². The van der Waals surface area contributed by atoms with Gasteiger partial charge < -0.3 is 118 Å². The summed E-state index contributed by atoms with van der Waals surface area (Å²) < 4.78 is 69.5. The highest BCUT2D eigenvalue weighted by molar-refractivity contribution is 5.75. The van der Waals surface area contributed by atoms with E-state index in [2.05, 4.69) is 0 Å². The van der Waals surface area contributed by atoms with Crippen LogP contribution >= 0.6 is 0 Å². The predicted octanol–water partition coefficient (Wildman–Crippen LogP) is 3.11. The molecule has 16 aliphatic rings. The van der Waals surface area contributed by atoms with Gasteiger partial charge >= 0.3 is 71.6 Å². The van der Waals surface area contributed by atoms with Gasteiger partial charge in [0.05, 0.1) is 0 Å². The first kappa shape index (κ1) is 75.9. The van der Waals surface area contributed by atoms with Crippen molar-refractivity contribution in [3.05, 3.63) is 140 Å². The lowest BCUT2D eigenvalue weighted by molar-refractivity contribution is -0.140. The Kier molecular flexibility index (Phi) is 26.2. The minimum Gasteiger partial charge on any atom is -0.482 e. The van der Waals surface area contributed by atoms with Crippen molar-refractivity contribution >= 4 is 71.6 Å². The Bertz CT molecular complexity index is 3310. The SMILES string of the molecule is O=C(O)COc1cc2c(OCC(=O)O)cc1Cc1cc(OCC(=O)O)c(cc1OCC(=O)O)Cc1cc(OCC(=O)O)c(cc1OCC(=O)O)Cc1cc(OCC(=O)O)c(cc1OCC(=O)O)Cc1cc(OCC(=O)O)c(cc1OCC(=O)O)Cc1cc(OCC(=O)O)c(cc1OCC(=O)O)C2. The summed E-state index contributed by atoms with van der Waals surface area (Å²) in [6, 6.07) is 13.9. The Labute approximate surface area is 571 Å². The van der Waals surface area contributed by atoms with Crippen LogP contribution < -0.4 is 56.8 Å². The van der Waals surface area contributed by atoms with Gasteiger partial charge in [-0.1, -0.05) is 0 Å². The zero-order valence-corrected chi connectivity index (χ0v) is 52.8. The topological polar surface area (TPSA) is 558 Å². The summed E-state index contributed by atoms with van der Waals surface area (Å²) in [5, 5.41) is 119. The second kappa shape index (κ2) is 35.2. The maximum Gasteiger partial charge on any atom is 0.341 e. The Balaban J connectivity index is 1.66. The normalized spacial score (nSPS) is 11.5. The number of hydrogen-bond donors (Lipinski definition) is 12. The molecule has 0 heterocycles. The molecule has 0 saturated carbocycles. The van der Waals surface area contributed by atoms with Crippen molar-refractivity contribution in [1.29, 1.82) is 0 Å². The second-order valence-electron chi connectivity index (χ2n) is 21.7. The van der Waals surface area contributed by atoms with Crippen molar-refractivity contribution in [2.24, 2.45) is 0 Å². The lowest BCUT2D eigenvalue weighted by Gasteiger charge is -2.22. The van der Waals surface area contributed by atoms with Crippen LogP contribution in [-0.4, -0.2) is 212 Å². The first-order chi connectivity index (χ1) is 48.4. The second-order valence-corrected chi connectivity index (χ2v) is 21.7. The molecule has 16 aliphatic carbocycles. The van der Waals surface area contributed by atoms with Crippen molar-refractivity contribution in [1.82, 2.24) is 0 Å². The number of carboxylic acids is 12. The van der Waals surface area contributed by atoms with E-state index in [1.54, 1.807) is 0 Å². The van der Waals surface area contributed by atoms with E-state index in [1.807, 2.05) is 0 Å². The average Bonchev–Trinajstić information content (AvgIpc) is 0.789. The number of hydrogen-bond acceptors (Lipinski definition) is 24. The van der Waals surface area contributed by atoms with Crippen LogP contribution in [-0.2, 0) is 96.1 Å². The Morgan fingerprint density at radius 1 is 0.167 bits per heavy atom. The van der Waals surface area contributed by atoms with Gasteiger partial charge in [-0.2, -0.15) is 0 Å². The molecule has 0 fully saturated rings. The zero-order valence-electron chi connectivity index (χ0n) is 52.8. The summed E-state index contributed by atoms with van der Waals surface area (Å²) >= 11 is 0. The minimum atomic E-state index is -1.55. The smallest absolute Gasteiger partial charge is 0.341 e. The fourth-order valence-corrected chi connectivity index (χ4v) is 10.0. The molecule has 22 rings (SSSR count). The van der Waals surface area contributed by atoms with Crippen LogP contribution in [0.15, 0.2) is 72.8 Å². The minimum absolute atomic E-state index is 0.106. The Hall–Kier alpha value is -13.4. The molecule has 0 aromatic heterocycles. The molecule has 0 atom stereocenters. The third-order valence-electron chi connectivity index (χ3n) is 14.0. The molecule has 6 aromatic rings. The lowest BCUT2D eigenvalue weighted by atomic mass is 9.92. The van der Waals surface area contributed by atoms with E-state index in [0.29, 0.717) is 0 Å². The molecule has 0 radical (unpaired) electrons. The van der Waals surface area contributed by atoms with Crippen LogP contribution in [0.4, 0.5) is 0 Å². The first-order valence-corrected chi connectivity index (χ1v) is 29.5. The molecular weight excluding hydrogens is 1370 g/mol. The number of carbonyl (C=O) groups is 12. The summed E-state index contributed by atoms with van der Waals surface area (Å²) in [4.78, 5) is 147. The Morgan fingerprint density at radius 2 is 0.235 bits per heavy atom. The van der Waals surface area contributed by atoms with Gasteiger partial charge in [0.25, 0.3) is 0 Å². The molecule has 36 nitrogen and oxygen atoms in total. The van der Waals surface area contributed by atoms with Gasteiger partial charge in [-0.15, -0.1) is 0 Å². The summed E-state index contributed by atoms with van der Waals surface area (Å²) in [7, 11) is 0. The summed E-state index contributed by atoms with van der Waals surface area (Å²) in [5.41, 5.74) is -1.27. The third kappa shape index (κ3) is 22.8. The van der Waals surface area contributed by atoms with Gasteiger partial charge in [0, 0.05) is 105 Å². The molecular formula is C66H60O36.